The Morgan fingerprint density at radius 2 is 2.11 bits per heavy atom. The van der Waals surface area contributed by atoms with Gasteiger partial charge in [-0.05, 0) is 42.5 Å². The number of aromatic nitrogens is 3. The van der Waals surface area contributed by atoms with E-state index in [0.717, 1.165) is 15.9 Å². The highest BCUT2D eigenvalue weighted by atomic mass is 79.9. The zero-order chi connectivity index (χ0) is 18.6. The number of hydrogen-bond acceptors (Lipinski definition) is 5. The van der Waals surface area contributed by atoms with E-state index in [9.17, 15) is 4.79 Å². The van der Waals surface area contributed by atoms with Crippen molar-refractivity contribution in [2.45, 2.75) is 0 Å². The molecule has 4 rings (SSSR count). The number of nitrogens with one attached hydrogen (secondary N) is 2. The number of carbonyl (C=O) groups excluding carboxylic acids is 1. The van der Waals surface area contributed by atoms with Gasteiger partial charge in [0.1, 0.15) is 11.3 Å². The summed E-state index contributed by atoms with van der Waals surface area (Å²) >= 11 is 4.75. The van der Waals surface area contributed by atoms with Crippen LogP contribution in [-0.4, -0.2) is 20.9 Å². The maximum atomic E-state index is 12.7. The molecular formula is C19H13BrN4O2S. The fourth-order valence-electron chi connectivity index (χ4n) is 2.40. The van der Waals surface area contributed by atoms with Crippen molar-refractivity contribution in [3.8, 4) is 23.0 Å². The monoisotopic (exact) mass is 440 g/mol. The van der Waals surface area contributed by atoms with E-state index in [1.165, 1.54) is 11.3 Å². The van der Waals surface area contributed by atoms with Gasteiger partial charge in [0.05, 0.1) is 11.4 Å². The fourth-order valence-corrected chi connectivity index (χ4v) is 3.48. The van der Waals surface area contributed by atoms with Gasteiger partial charge in [0.15, 0.2) is 5.13 Å². The van der Waals surface area contributed by atoms with Gasteiger partial charge in [-0.3, -0.25) is 10.1 Å². The van der Waals surface area contributed by atoms with Crippen LogP contribution in [0.4, 0.5) is 5.13 Å². The molecule has 0 fully saturated rings. The van der Waals surface area contributed by atoms with E-state index < -0.39 is 0 Å². The zero-order valence-electron chi connectivity index (χ0n) is 13.8. The van der Waals surface area contributed by atoms with Crippen molar-refractivity contribution < 1.29 is 9.53 Å². The van der Waals surface area contributed by atoms with Crippen LogP contribution in [0.25, 0.3) is 11.4 Å². The number of anilines is 1. The Morgan fingerprint density at radius 3 is 2.93 bits per heavy atom. The summed E-state index contributed by atoms with van der Waals surface area (Å²) in [6, 6.07) is 14.5. The van der Waals surface area contributed by atoms with Gasteiger partial charge in [-0.25, -0.2) is 9.97 Å². The van der Waals surface area contributed by atoms with Gasteiger partial charge in [0.2, 0.25) is 5.88 Å². The van der Waals surface area contributed by atoms with Crippen LogP contribution in [0.5, 0.6) is 11.6 Å². The molecule has 0 radical (unpaired) electrons. The van der Waals surface area contributed by atoms with Crippen LogP contribution in [0.15, 0.2) is 70.8 Å². The van der Waals surface area contributed by atoms with Crippen LogP contribution in [-0.2, 0) is 0 Å². The highest BCUT2D eigenvalue weighted by molar-refractivity contribution is 9.10. The molecule has 27 heavy (non-hydrogen) atoms. The second-order valence-electron chi connectivity index (χ2n) is 5.49. The highest BCUT2D eigenvalue weighted by Crippen LogP contribution is 2.27. The summed E-state index contributed by atoms with van der Waals surface area (Å²) in [5, 5.41) is 5.18. The summed E-state index contributed by atoms with van der Waals surface area (Å²) in [6.07, 6.45) is 3.41. The summed E-state index contributed by atoms with van der Waals surface area (Å²) in [5.41, 5.74) is 2.00. The van der Waals surface area contributed by atoms with E-state index in [0.29, 0.717) is 16.4 Å². The molecule has 0 atom stereocenters. The van der Waals surface area contributed by atoms with E-state index in [1.807, 2.05) is 35.8 Å². The minimum atomic E-state index is -0.333. The van der Waals surface area contributed by atoms with Gasteiger partial charge in [-0.2, -0.15) is 0 Å². The summed E-state index contributed by atoms with van der Waals surface area (Å²) in [4.78, 5) is 24.4. The predicted molar refractivity (Wildman–Crippen MR) is 108 cm³/mol. The fraction of sp³-hybridized carbons (Fsp3) is 0. The van der Waals surface area contributed by atoms with E-state index in [2.05, 4.69) is 36.2 Å². The third kappa shape index (κ3) is 4.07. The molecule has 0 saturated heterocycles. The van der Waals surface area contributed by atoms with Crippen molar-refractivity contribution in [1.82, 2.24) is 15.0 Å². The Kier molecular flexibility index (Phi) is 4.99. The normalized spacial score (nSPS) is 10.6. The quantitative estimate of drug-likeness (QED) is 0.438. The van der Waals surface area contributed by atoms with Crippen LogP contribution in [0.1, 0.15) is 10.4 Å². The maximum absolute atomic E-state index is 12.7. The Bertz CT molecular complexity index is 1080. The van der Waals surface area contributed by atoms with Gasteiger partial charge in [-0.15, -0.1) is 11.3 Å². The van der Waals surface area contributed by atoms with Crippen molar-refractivity contribution in [2.75, 3.05) is 5.32 Å². The van der Waals surface area contributed by atoms with Crippen molar-refractivity contribution in [3.63, 3.8) is 0 Å². The molecule has 0 aliphatic rings. The van der Waals surface area contributed by atoms with E-state index in [-0.39, 0.29) is 11.8 Å². The summed E-state index contributed by atoms with van der Waals surface area (Å²) in [7, 11) is 0. The Morgan fingerprint density at radius 1 is 1.19 bits per heavy atom. The van der Waals surface area contributed by atoms with Crippen LogP contribution in [0.3, 0.4) is 0 Å². The minimum Gasteiger partial charge on any atom is -0.438 e. The number of pyridine rings is 1. The van der Waals surface area contributed by atoms with E-state index in [4.69, 9.17) is 4.74 Å². The molecule has 134 valence electrons. The number of rotatable bonds is 5. The highest BCUT2D eigenvalue weighted by Gasteiger charge is 2.16. The Balaban J connectivity index is 1.54. The van der Waals surface area contributed by atoms with Crippen LogP contribution < -0.4 is 10.1 Å². The summed E-state index contributed by atoms with van der Waals surface area (Å²) < 4.78 is 6.67. The molecule has 2 N–H and O–H groups in total. The smallest absolute Gasteiger partial charge is 0.262 e. The molecule has 3 heterocycles. The first kappa shape index (κ1) is 17.4. The van der Waals surface area contributed by atoms with Crippen molar-refractivity contribution in [1.29, 1.82) is 0 Å². The van der Waals surface area contributed by atoms with E-state index >= 15 is 0 Å². The molecule has 0 aliphatic heterocycles. The molecule has 4 aromatic rings. The summed E-state index contributed by atoms with van der Waals surface area (Å²) in [6.45, 7) is 0. The topological polar surface area (TPSA) is 79.9 Å². The second kappa shape index (κ2) is 7.73. The molecule has 0 bridgehead atoms. The molecule has 0 aliphatic carbocycles. The van der Waals surface area contributed by atoms with Crippen LogP contribution in [0, 0.1) is 0 Å². The average molecular weight is 441 g/mol. The standard InChI is InChI=1S/C19H13BrN4O2S/c20-12-4-1-5-13(10-12)26-18-14(6-2-9-22-18)17(25)24-19-23-16(11-27-19)15-7-3-8-21-15/h1-11,21H,(H,23,24,25). The number of amides is 1. The van der Waals surface area contributed by atoms with Gasteiger partial charge in [-0.1, -0.05) is 22.0 Å². The number of benzene rings is 1. The van der Waals surface area contributed by atoms with Gasteiger partial charge in [0.25, 0.3) is 5.91 Å². The van der Waals surface area contributed by atoms with Crippen molar-refractivity contribution >= 4 is 38.3 Å². The SMILES string of the molecule is O=C(Nc1nc(-c2ccc[nH]2)cs1)c1cccnc1Oc1cccc(Br)c1. The largest absolute Gasteiger partial charge is 0.438 e. The van der Waals surface area contributed by atoms with Crippen LogP contribution in [0.2, 0.25) is 0 Å². The second-order valence-corrected chi connectivity index (χ2v) is 7.27. The molecule has 1 amide bonds. The molecule has 8 heteroatoms. The number of carbonyl (C=O) groups is 1. The van der Waals surface area contributed by atoms with Gasteiger partial charge in [0, 0.05) is 22.2 Å². The number of thiazole rings is 1. The third-order valence-electron chi connectivity index (χ3n) is 3.62. The van der Waals surface area contributed by atoms with Crippen molar-refractivity contribution in [2.24, 2.45) is 0 Å². The van der Waals surface area contributed by atoms with Gasteiger partial charge >= 0.3 is 0 Å². The molecule has 3 aromatic heterocycles. The number of halogens is 1. The number of ether oxygens (including phenoxy) is 1. The predicted octanol–water partition coefficient (Wildman–Crippen LogP) is 5.34. The maximum Gasteiger partial charge on any atom is 0.262 e. The molecule has 0 unspecified atom stereocenters. The molecule has 6 nitrogen and oxygen atoms in total. The Labute approximate surface area is 167 Å². The first-order chi connectivity index (χ1) is 13.2. The summed E-state index contributed by atoms with van der Waals surface area (Å²) in [5.74, 6) is 0.482. The third-order valence-corrected chi connectivity index (χ3v) is 4.88. The number of aromatic amines is 1. The van der Waals surface area contributed by atoms with E-state index in [1.54, 1.807) is 30.5 Å². The number of hydrogen-bond donors (Lipinski definition) is 2. The first-order valence-electron chi connectivity index (χ1n) is 7.98. The number of H-pyrrole nitrogens is 1. The first-order valence-corrected chi connectivity index (χ1v) is 9.65. The van der Waals surface area contributed by atoms with Gasteiger partial charge < -0.3 is 9.72 Å². The lowest BCUT2D eigenvalue weighted by molar-refractivity contribution is 0.102. The lowest BCUT2D eigenvalue weighted by atomic mass is 10.2. The number of nitrogens with zero attached hydrogens (tertiary/aromatic N) is 2. The molecule has 0 spiro atoms. The van der Waals surface area contributed by atoms with Crippen molar-refractivity contribution in [3.05, 3.63) is 76.3 Å². The molecule has 0 saturated carbocycles. The average Bonchev–Trinajstić information content (AvgIpc) is 3.33. The lowest BCUT2D eigenvalue weighted by Gasteiger charge is -2.09. The lowest BCUT2D eigenvalue weighted by Crippen LogP contribution is -2.13. The molecule has 1 aromatic carbocycles. The molecular weight excluding hydrogens is 428 g/mol. The zero-order valence-corrected chi connectivity index (χ0v) is 16.3. The minimum absolute atomic E-state index is 0.231. The van der Waals surface area contributed by atoms with Crippen LogP contribution >= 0.6 is 27.3 Å². The Hall–Kier alpha value is -2.97.